The molecular weight excluding hydrogens is 276 g/mol. The summed E-state index contributed by atoms with van der Waals surface area (Å²) in [5.41, 5.74) is 0.758. The smallest absolute Gasteiger partial charge is 0.293 e. The van der Waals surface area contributed by atoms with Gasteiger partial charge in [0.15, 0.2) is 10.9 Å². The molecule has 0 aliphatic heterocycles. The van der Waals surface area contributed by atoms with Crippen LogP contribution in [0.25, 0.3) is 10.2 Å². The molecule has 0 unspecified atom stereocenters. The molecule has 6 heteroatoms. The normalized spacial score (nSPS) is 10.7. The number of rotatable bonds is 4. The zero-order chi connectivity index (χ0) is 13.9. The quantitative estimate of drug-likeness (QED) is 0.797. The zero-order valence-electron chi connectivity index (χ0n) is 10.8. The summed E-state index contributed by atoms with van der Waals surface area (Å²) in [6, 6.07) is 8.99. The number of furan rings is 1. The van der Waals surface area contributed by atoms with E-state index >= 15 is 0 Å². The van der Waals surface area contributed by atoms with Crippen molar-refractivity contribution in [3.05, 3.63) is 42.4 Å². The number of nitrogens with one attached hydrogen (secondary N) is 1. The third-order valence-corrected chi connectivity index (χ3v) is 3.58. The molecule has 0 atom stereocenters. The molecule has 2 heterocycles. The molecule has 0 aliphatic rings. The Bertz CT molecular complexity index is 734. The van der Waals surface area contributed by atoms with Crippen molar-refractivity contribution in [2.75, 3.05) is 11.9 Å². The van der Waals surface area contributed by atoms with E-state index in [1.165, 1.54) is 17.6 Å². The zero-order valence-corrected chi connectivity index (χ0v) is 11.6. The minimum atomic E-state index is -0.313. The number of hydrogen-bond donors (Lipinski definition) is 1. The second kappa shape index (κ2) is 5.34. The Balaban J connectivity index is 1.89. The van der Waals surface area contributed by atoms with E-state index in [1.807, 2.05) is 25.1 Å². The molecule has 0 saturated carbocycles. The predicted molar refractivity (Wildman–Crippen MR) is 77.5 cm³/mol. The number of aromatic nitrogens is 1. The summed E-state index contributed by atoms with van der Waals surface area (Å²) in [6.45, 7) is 2.50. The Kier molecular flexibility index (Phi) is 3.39. The van der Waals surface area contributed by atoms with Gasteiger partial charge in [0.25, 0.3) is 5.91 Å². The molecule has 1 amide bonds. The third kappa shape index (κ3) is 2.37. The molecule has 0 spiro atoms. The van der Waals surface area contributed by atoms with Crippen molar-refractivity contribution in [3.63, 3.8) is 0 Å². The van der Waals surface area contributed by atoms with Crippen molar-refractivity contribution >= 4 is 32.6 Å². The summed E-state index contributed by atoms with van der Waals surface area (Å²) < 4.78 is 11.5. The number of para-hydroxylation sites is 1. The molecule has 2 aromatic heterocycles. The van der Waals surface area contributed by atoms with Gasteiger partial charge in [0.1, 0.15) is 11.3 Å². The maximum Gasteiger partial charge on any atom is 0.293 e. The van der Waals surface area contributed by atoms with Crippen LogP contribution in [0, 0.1) is 0 Å². The first kappa shape index (κ1) is 12.7. The molecule has 3 rings (SSSR count). The maximum atomic E-state index is 11.9. The predicted octanol–water partition coefficient (Wildman–Crippen LogP) is 3.54. The highest BCUT2D eigenvalue weighted by atomic mass is 32.1. The van der Waals surface area contributed by atoms with E-state index in [4.69, 9.17) is 9.15 Å². The molecule has 1 N–H and O–H groups in total. The fraction of sp³-hybridized carbons (Fsp3) is 0.143. The molecule has 0 aliphatic carbocycles. The topological polar surface area (TPSA) is 64.4 Å². The first-order valence-corrected chi connectivity index (χ1v) is 6.97. The van der Waals surface area contributed by atoms with Crippen molar-refractivity contribution in [1.82, 2.24) is 4.98 Å². The van der Waals surface area contributed by atoms with Crippen molar-refractivity contribution in [2.24, 2.45) is 0 Å². The van der Waals surface area contributed by atoms with Crippen LogP contribution >= 0.6 is 11.3 Å². The van der Waals surface area contributed by atoms with Gasteiger partial charge in [-0.25, -0.2) is 4.98 Å². The minimum Gasteiger partial charge on any atom is -0.492 e. The highest BCUT2D eigenvalue weighted by molar-refractivity contribution is 7.22. The van der Waals surface area contributed by atoms with E-state index in [0.717, 1.165) is 16.0 Å². The molecule has 0 radical (unpaired) electrons. The third-order valence-electron chi connectivity index (χ3n) is 2.65. The number of ether oxygens (including phenoxy) is 1. The van der Waals surface area contributed by atoms with Crippen LogP contribution in [-0.2, 0) is 0 Å². The summed E-state index contributed by atoms with van der Waals surface area (Å²) in [5.74, 6) is 0.668. The number of anilines is 1. The van der Waals surface area contributed by atoms with Gasteiger partial charge < -0.3 is 9.15 Å². The van der Waals surface area contributed by atoms with Crippen molar-refractivity contribution in [3.8, 4) is 5.75 Å². The number of fused-ring (bicyclic) bond motifs is 1. The summed E-state index contributed by atoms with van der Waals surface area (Å²) in [7, 11) is 0. The van der Waals surface area contributed by atoms with E-state index < -0.39 is 0 Å². The van der Waals surface area contributed by atoms with Gasteiger partial charge in [-0.15, -0.1) is 0 Å². The number of carbonyl (C=O) groups is 1. The molecule has 3 aromatic rings. The number of benzene rings is 1. The van der Waals surface area contributed by atoms with Crippen LogP contribution in [0.5, 0.6) is 5.75 Å². The molecule has 20 heavy (non-hydrogen) atoms. The second-order valence-electron chi connectivity index (χ2n) is 3.99. The monoisotopic (exact) mass is 288 g/mol. The lowest BCUT2D eigenvalue weighted by Gasteiger charge is -2.02. The average molecular weight is 288 g/mol. The first-order chi connectivity index (χ1) is 9.78. The Morgan fingerprint density at radius 1 is 1.40 bits per heavy atom. The van der Waals surface area contributed by atoms with Gasteiger partial charge in [-0.2, -0.15) is 0 Å². The second-order valence-corrected chi connectivity index (χ2v) is 5.02. The van der Waals surface area contributed by atoms with E-state index in [0.29, 0.717) is 11.7 Å². The first-order valence-electron chi connectivity index (χ1n) is 6.15. The molecule has 102 valence electrons. The Morgan fingerprint density at radius 3 is 3.05 bits per heavy atom. The van der Waals surface area contributed by atoms with E-state index in [1.54, 1.807) is 12.1 Å². The summed E-state index contributed by atoms with van der Waals surface area (Å²) in [4.78, 5) is 16.3. The van der Waals surface area contributed by atoms with Gasteiger partial charge in [-0.3, -0.25) is 10.1 Å². The fourth-order valence-corrected chi connectivity index (χ4v) is 2.69. The Morgan fingerprint density at radius 2 is 2.30 bits per heavy atom. The van der Waals surface area contributed by atoms with Crippen LogP contribution < -0.4 is 10.1 Å². The van der Waals surface area contributed by atoms with E-state index in [-0.39, 0.29) is 11.7 Å². The van der Waals surface area contributed by atoms with Crippen LogP contribution in [0.4, 0.5) is 5.13 Å². The maximum absolute atomic E-state index is 11.9. The number of nitrogens with zero attached hydrogens (tertiary/aromatic N) is 1. The molecule has 0 bridgehead atoms. The lowest BCUT2D eigenvalue weighted by atomic mass is 10.3. The van der Waals surface area contributed by atoms with Crippen LogP contribution in [-0.4, -0.2) is 17.5 Å². The number of hydrogen-bond acceptors (Lipinski definition) is 5. The van der Waals surface area contributed by atoms with Crippen LogP contribution in [0.3, 0.4) is 0 Å². The lowest BCUT2D eigenvalue weighted by Crippen LogP contribution is -2.10. The Hall–Kier alpha value is -2.34. The van der Waals surface area contributed by atoms with Gasteiger partial charge in [0, 0.05) is 0 Å². The summed E-state index contributed by atoms with van der Waals surface area (Å²) in [6.07, 6.45) is 1.46. The number of thiazole rings is 1. The van der Waals surface area contributed by atoms with Gasteiger partial charge in [0.05, 0.1) is 17.6 Å². The van der Waals surface area contributed by atoms with Gasteiger partial charge in [-0.05, 0) is 31.2 Å². The highest BCUT2D eigenvalue weighted by Crippen LogP contribution is 2.32. The van der Waals surface area contributed by atoms with Crippen molar-refractivity contribution in [1.29, 1.82) is 0 Å². The van der Waals surface area contributed by atoms with Gasteiger partial charge in [-0.1, -0.05) is 17.4 Å². The SMILES string of the molecule is CCOc1cccc2sc(NC(=O)c3ccco3)nc12. The largest absolute Gasteiger partial charge is 0.492 e. The van der Waals surface area contributed by atoms with Crippen LogP contribution in [0.1, 0.15) is 17.5 Å². The van der Waals surface area contributed by atoms with Gasteiger partial charge in [0.2, 0.25) is 0 Å². The lowest BCUT2D eigenvalue weighted by molar-refractivity contribution is 0.0996. The van der Waals surface area contributed by atoms with Crippen molar-refractivity contribution in [2.45, 2.75) is 6.92 Å². The molecule has 0 saturated heterocycles. The highest BCUT2D eigenvalue weighted by Gasteiger charge is 2.13. The van der Waals surface area contributed by atoms with Gasteiger partial charge >= 0.3 is 0 Å². The fourth-order valence-electron chi connectivity index (χ4n) is 1.82. The summed E-state index contributed by atoms with van der Waals surface area (Å²) >= 11 is 1.40. The Labute approximate surface area is 119 Å². The van der Waals surface area contributed by atoms with Crippen LogP contribution in [0.2, 0.25) is 0 Å². The average Bonchev–Trinajstić information content (AvgIpc) is 3.07. The standard InChI is InChI=1S/C14H12N2O3S/c1-2-18-9-5-3-7-11-12(9)15-14(20-11)16-13(17)10-6-4-8-19-10/h3-8H,2H2,1H3,(H,15,16,17). The molecule has 0 fully saturated rings. The minimum absolute atomic E-state index is 0.259. The molecule has 5 nitrogen and oxygen atoms in total. The van der Waals surface area contributed by atoms with Crippen molar-refractivity contribution < 1.29 is 13.9 Å². The van der Waals surface area contributed by atoms with E-state index in [2.05, 4.69) is 10.3 Å². The number of amides is 1. The summed E-state index contributed by atoms with van der Waals surface area (Å²) in [5, 5.41) is 3.24. The molecule has 1 aromatic carbocycles. The molecular formula is C14H12N2O3S. The number of carbonyl (C=O) groups excluding carboxylic acids is 1. The van der Waals surface area contributed by atoms with Crippen LogP contribution in [0.15, 0.2) is 41.0 Å². The van der Waals surface area contributed by atoms with E-state index in [9.17, 15) is 4.79 Å².